The van der Waals surface area contributed by atoms with Crippen molar-refractivity contribution in [3.8, 4) is 0 Å². The lowest BCUT2D eigenvalue weighted by Crippen LogP contribution is -1.87. The van der Waals surface area contributed by atoms with Crippen LogP contribution in [0.25, 0.3) is 0 Å². The van der Waals surface area contributed by atoms with Crippen molar-refractivity contribution >= 4 is 17.7 Å². The van der Waals surface area contributed by atoms with Crippen LogP contribution in [-0.2, 0) is 0 Å². The molecule has 0 radical (unpaired) electrons. The van der Waals surface area contributed by atoms with Crippen molar-refractivity contribution in [1.29, 1.82) is 0 Å². The van der Waals surface area contributed by atoms with E-state index in [1.807, 2.05) is 24.3 Å². The van der Waals surface area contributed by atoms with Gasteiger partial charge in [-0.25, -0.2) is 4.40 Å². The zero-order chi connectivity index (χ0) is 10.2. The van der Waals surface area contributed by atoms with Crippen LogP contribution in [-0.4, -0.2) is 5.71 Å². The Bertz CT molecular complexity index is 303. The van der Waals surface area contributed by atoms with E-state index in [0.717, 1.165) is 12.8 Å². The van der Waals surface area contributed by atoms with Gasteiger partial charge in [-0.2, -0.15) is 0 Å². The normalized spacial score (nSPS) is 11.4. The Morgan fingerprint density at radius 1 is 1.43 bits per heavy atom. The molecule has 2 heteroatoms. The largest absolute Gasteiger partial charge is 0.221 e. The van der Waals surface area contributed by atoms with Gasteiger partial charge in [0.1, 0.15) is 0 Å². The smallest absolute Gasteiger partial charge is 0.0305 e. The van der Waals surface area contributed by atoms with Crippen LogP contribution in [0.2, 0.25) is 0 Å². The van der Waals surface area contributed by atoms with Crippen LogP contribution in [0, 0.1) is 0 Å². The van der Waals surface area contributed by atoms with Crippen LogP contribution < -0.4 is 0 Å². The van der Waals surface area contributed by atoms with Crippen LogP contribution in [0.1, 0.15) is 19.8 Å². The van der Waals surface area contributed by atoms with Crippen LogP contribution in [0.3, 0.4) is 0 Å². The van der Waals surface area contributed by atoms with Crippen molar-refractivity contribution in [3.05, 3.63) is 43.0 Å². The van der Waals surface area contributed by atoms with Gasteiger partial charge in [0.2, 0.25) is 0 Å². The van der Waals surface area contributed by atoms with Gasteiger partial charge >= 0.3 is 0 Å². The maximum Gasteiger partial charge on any atom is 0.0305 e. The summed E-state index contributed by atoms with van der Waals surface area (Å²) < 4.78 is 4.42. The Kier molecular flexibility index (Phi) is 5.08. The summed E-state index contributed by atoms with van der Waals surface area (Å²) in [5.74, 6) is 0. The van der Waals surface area contributed by atoms with Crippen molar-refractivity contribution in [2.45, 2.75) is 24.7 Å². The van der Waals surface area contributed by atoms with E-state index in [9.17, 15) is 0 Å². The predicted molar refractivity (Wildman–Crippen MR) is 64.8 cm³/mol. The van der Waals surface area contributed by atoms with Gasteiger partial charge in [-0.15, -0.1) is 6.58 Å². The first-order valence-electron chi connectivity index (χ1n) is 4.69. The molecule has 0 saturated heterocycles. The summed E-state index contributed by atoms with van der Waals surface area (Å²) in [5.41, 5.74) is 1.17. The molecule has 0 amide bonds. The number of nitrogens with zero attached hydrogens (tertiary/aromatic N) is 1. The van der Waals surface area contributed by atoms with Gasteiger partial charge in [0.15, 0.2) is 0 Å². The minimum Gasteiger partial charge on any atom is -0.221 e. The molecule has 0 N–H and O–H groups in total. The molecule has 0 heterocycles. The van der Waals surface area contributed by atoms with Gasteiger partial charge in [-0.3, -0.25) is 0 Å². The molecular formula is C12H15NS. The first-order valence-corrected chi connectivity index (χ1v) is 5.46. The van der Waals surface area contributed by atoms with E-state index in [2.05, 4.69) is 30.0 Å². The highest BCUT2D eigenvalue weighted by Crippen LogP contribution is 2.18. The SMILES string of the molecule is C=CCC/C(C)=N\Sc1ccccc1. The molecule has 0 unspecified atom stereocenters. The number of hydrogen-bond acceptors (Lipinski definition) is 2. The maximum atomic E-state index is 4.42. The Labute approximate surface area is 90.1 Å². The molecular weight excluding hydrogens is 190 g/mol. The number of hydrogen-bond donors (Lipinski definition) is 0. The van der Waals surface area contributed by atoms with Crippen molar-refractivity contribution in [2.75, 3.05) is 0 Å². The zero-order valence-corrected chi connectivity index (χ0v) is 9.26. The van der Waals surface area contributed by atoms with Crippen molar-refractivity contribution in [1.82, 2.24) is 0 Å². The third-order valence-electron chi connectivity index (χ3n) is 1.76. The lowest BCUT2D eigenvalue weighted by atomic mass is 10.2. The quantitative estimate of drug-likeness (QED) is 0.400. The second-order valence-electron chi connectivity index (χ2n) is 3.06. The van der Waals surface area contributed by atoms with E-state index < -0.39 is 0 Å². The minimum absolute atomic E-state index is 1.00. The summed E-state index contributed by atoms with van der Waals surface area (Å²) in [5, 5.41) is 0. The molecule has 1 aromatic carbocycles. The molecule has 0 saturated carbocycles. The van der Waals surface area contributed by atoms with Gasteiger partial charge < -0.3 is 0 Å². The van der Waals surface area contributed by atoms with Gasteiger partial charge in [-0.05, 0) is 31.9 Å². The van der Waals surface area contributed by atoms with Crippen LogP contribution in [0.5, 0.6) is 0 Å². The molecule has 1 nitrogen and oxygen atoms in total. The molecule has 0 aromatic heterocycles. The minimum atomic E-state index is 1.00. The average molecular weight is 205 g/mol. The second kappa shape index (κ2) is 6.44. The number of rotatable bonds is 5. The molecule has 0 bridgehead atoms. The lowest BCUT2D eigenvalue weighted by molar-refractivity contribution is 1.10. The highest BCUT2D eigenvalue weighted by molar-refractivity contribution is 7.98. The average Bonchev–Trinajstić information content (AvgIpc) is 2.25. The summed E-state index contributed by atoms with van der Waals surface area (Å²) in [6, 6.07) is 10.2. The molecule has 1 aromatic rings. The molecule has 1 rings (SSSR count). The van der Waals surface area contributed by atoms with E-state index in [1.54, 1.807) is 0 Å². The summed E-state index contributed by atoms with van der Waals surface area (Å²) >= 11 is 1.53. The fourth-order valence-corrected chi connectivity index (χ4v) is 1.60. The third-order valence-corrected chi connectivity index (χ3v) is 2.65. The Balaban J connectivity index is 2.42. The van der Waals surface area contributed by atoms with Crippen molar-refractivity contribution in [2.24, 2.45) is 4.40 Å². The fraction of sp³-hybridized carbons (Fsp3) is 0.250. The Hall–Kier alpha value is -1.02. The molecule has 0 aliphatic carbocycles. The lowest BCUT2D eigenvalue weighted by Gasteiger charge is -1.97. The van der Waals surface area contributed by atoms with Gasteiger partial charge in [-0.1, -0.05) is 24.3 Å². The van der Waals surface area contributed by atoms with Crippen molar-refractivity contribution in [3.63, 3.8) is 0 Å². The highest BCUT2D eigenvalue weighted by atomic mass is 32.2. The molecule has 0 spiro atoms. The molecule has 0 aliphatic rings. The number of benzene rings is 1. The standard InChI is InChI=1S/C12H15NS/c1-3-4-8-11(2)13-14-12-9-6-5-7-10-12/h3,5-7,9-10H,1,4,8H2,2H3/b13-11-. The molecule has 0 fully saturated rings. The first-order chi connectivity index (χ1) is 6.83. The van der Waals surface area contributed by atoms with Crippen molar-refractivity contribution < 1.29 is 0 Å². The highest BCUT2D eigenvalue weighted by Gasteiger charge is 1.92. The third kappa shape index (κ3) is 4.28. The van der Waals surface area contributed by atoms with Gasteiger partial charge in [0.05, 0.1) is 0 Å². The molecule has 14 heavy (non-hydrogen) atoms. The molecule has 74 valence electrons. The fourth-order valence-electron chi connectivity index (χ4n) is 0.969. The topological polar surface area (TPSA) is 12.4 Å². The van der Waals surface area contributed by atoms with Crippen LogP contribution in [0.4, 0.5) is 0 Å². The monoisotopic (exact) mass is 205 g/mol. The molecule has 0 atom stereocenters. The van der Waals surface area contributed by atoms with Crippen LogP contribution in [0.15, 0.2) is 52.3 Å². The summed E-state index contributed by atoms with van der Waals surface area (Å²) in [6.07, 6.45) is 3.93. The Morgan fingerprint density at radius 2 is 2.14 bits per heavy atom. The number of allylic oxidation sites excluding steroid dienone is 1. The van der Waals surface area contributed by atoms with Gasteiger partial charge in [0, 0.05) is 22.6 Å². The zero-order valence-electron chi connectivity index (χ0n) is 8.44. The predicted octanol–water partition coefficient (Wildman–Crippen LogP) is 4.12. The summed E-state index contributed by atoms with van der Waals surface area (Å²) in [7, 11) is 0. The second-order valence-corrected chi connectivity index (χ2v) is 3.89. The van der Waals surface area contributed by atoms with E-state index >= 15 is 0 Å². The maximum absolute atomic E-state index is 4.42. The Morgan fingerprint density at radius 3 is 2.79 bits per heavy atom. The summed E-state index contributed by atoms with van der Waals surface area (Å²) in [6.45, 7) is 5.74. The molecule has 0 aliphatic heterocycles. The van der Waals surface area contributed by atoms with E-state index in [-0.39, 0.29) is 0 Å². The van der Waals surface area contributed by atoms with E-state index in [4.69, 9.17) is 0 Å². The first kappa shape index (κ1) is 11.1. The van der Waals surface area contributed by atoms with Crippen LogP contribution >= 0.6 is 11.9 Å². The van der Waals surface area contributed by atoms with Gasteiger partial charge in [0.25, 0.3) is 0 Å². The summed E-state index contributed by atoms with van der Waals surface area (Å²) in [4.78, 5) is 1.19. The van der Waals surface area contributed by atoms with E-state index in [0.29, 0.717) is 0 Å². The van der Waals surface area contributed by atoms with E-state index in [1.165, 1.54) is 22.6 Å².